The molecule has 2 N–H and O–H groups in total. The summed E-state index contributed by atoms with van der Waals surface area (Å²) in [6.45, 7) is 1.88. The van der Waals surface area contributed by atoms with Gasteiger partial charge in [-0.2, -0.15) is 0 Å². The highest BCUT2D eigenvalue weighted by atomic mass is 35.5. The second-order valence-electron chi connectivity index (χ2n) is 8.83. The van der Waals surface area contributed by atoms with Crippen LogP contribution in [0.2, 0.25) is 10.0 Å². The monoisotopic (exact) mass is 587 g/mol. The first kappa shape index (κ1) is 29.2. The van der Waals surface area contributed by atoms with Crippen molar-refractivity contribution in [1.29, 1.82) is 0 Å². The minimum Gasteiger partial charge on any atom is -0.492 e. The van der Waals surface area contributed by atoms with Crippen LogP contribution in [0.25, 0.3) is 22.6 Å². The van der Waals surface area contributed by atoms with Crippen molar-refractivity contribution < 1.29 is 38.4 Å². The summed E-state index contributed by atoms with van der Waals surface area (Å²) in [7, 11) is 0. The van der Waals surface area contributed by atoms with E-state index in [0.29, 0.717) is 89.8 Å². The molecule has 0 saturated carbocycles. The molecule has 0 aliphatic heterocycles. The van der Waals surface area contributed by atoms with Crippen molar-refractivity contribution in [3.8, 4) is 23.0 Å². The molecule has 0 saturated heterocycles. The topological polar surface area (TPSA) is 128 Å². The first-order valence-corrected chi connectivity index (χ1v) is 13.3. The number of nitrogens with zero attached hydrogens (tertiary/aromatic N) is 1. The van der Waals surface area contributed by atoms with Crippen LogP contribution in [0, 0.1) is 0 Å². The second kappa shape index (κ2) is 14.0. The first-order chi connectivity index (χ1) is 19.3. The molecule has 210 valence electrons. The second-order valence-corrected chi connectivity index (χ2v) is 9.64. The SMILES string of the molecule is O=C(O)CCc1ccc(OCCCOCCCOc2ccc(-c3nc4ccc(C(=O)O)cc4o3)cc2Cl)c(Cl)c1. The molecule has 0 aliphatic carbocycles. The lowest BCUT2D eigenvalue weighted by Gasteiger charge is -2.10. The van der Waals surface area contributed by atoms with Crippen LogP contribution in [-0.4, -0.2) is 53.6 Å². The van der Waals surface area contributed by atoms with E-state index in [9.17, 15) is 9.59 Å². The standard InChI is InChI=1S/C29H27Cl2NO8/c30-21-15-18(4-10-27(33)34)3-8-24(21)38-13-1-11-37-12-2-14-39-25-9-6-19(16-22(25)31)28-32-23-7-5-20(29(35)36)17-26(23)40-28/h3,5-9,15-17H,1-2,4,10-14H2,(H,33,34)(H,35,36). The summed E-state index contributed by atoms with van der Waals surface area (Å²) in [6.07, 6.45) is 1.82. The lowest BCUT2D eigenvalue weighted by atomic mass is 10.1. The van der Waals surface area contributed by atoms with Gasteiger partial charge in [-0.05, 0) is 60.5 Å². The number of aromatic carboxylic acids is 1. The third-order valence-corrected chi connectivity index (χ3v) is 6.41. The van der Waals surface area contributed by atoms with Crippen molar-refractivity contribution in [2.75, 3.05) is 26.4 Å². The number of rotatable bonds is 15. The molecule has 1 aromatic heterocycles. The van der Waals surface area contributed by atoms with Crippen molar-refractivity contribution in [2.45, 2.75) is 25.7 Å². The number of carboxylic acids is 2. The number of aromatic nitrogens is 1. The summed E-state index contributed by atoms with van der Waals surface area (Å²) in [5.41, 5.74) is 2.55. The Morgan fingerprint density at radius 2 is 1.50 bits per heavy atom. The van der Waals surface area contributed by atoms with E-state index >= 15 is 0 Å². The minimum absolute atomic E-state index is 0.0544. The van der Waals surface area contributed by atoms with Gasteiger partial charge in [-0.25, -0.2) is 9.78 Å². The quantitative estimate of drug-likeness (QED) is 0.145. The first-order valence-electron chi connectivity index (χ1n) is 12.6. The molecule has 0 aliphatic rings. The fraction of sp³-hybridized carbons (Fsp3) is 0.276. The number of benzene rings is 3. The van der Waals surface area contributed by atoms with E-state index in [2.05, 4.69) is 4.98 Å². The van der Waals surface area contributed by atoms with Gasteiger partial charge in [0.15, 0.2) is 5.58 Å². The summed E-state index contributed by atoms with van der Waals surface area (Å²) in [6, 6.07) is 15.0. The Morgan fingerprint density at radius 3 is 2.12 bits per heavy atom. The van der Waals surface area contributed by atoms with Crippen LogP contribution in [0.5, 0.6) is 11.5 Å². The molecule has 11 heteroatoms. The summed E-state index contributed by atoms with van der Waals surface area (Å²) >= 11 is 12.6. The maximum atomic E-state index is 11.2. The molecule has 4 rings (SSSR count). The van der Waals surface area contributed by atoms with Crippen molar-refractivity contribution in [1.82, 2.24) is 4.98 Å². The zero-order valence-corrected chi connectivity index (χ0v) is 22.9. The fourth-order valence-electron chi connectivity index (χ4n) is 3.79. The highest BCUT2D eigenvalue weighted by Crippen LogP contribution is 2.32. The number of hydrogen-bond acceptors (Lipinski definition) is 7. The molecule has 0 spiro atoms. The number of aryl methyl sites for hydroxylation is 1. The number of fused-ring (bicyclic) bond motifs is 1. The van der Waals surface area contributed by atoms with E-state index in [1.807, 2.05) is 6.07 Å². The lowest BCUT2D eigenvalue weighted by molar-refractivity contribution is -0.136. The third kappa shape index (κ3) is 8.11. The molecule has 0 radical (unpaired) electrons. The Bertz CT molecular complexity index is 1490. The number of oxazole rings is 1. The van der Waals surface area contributed by atoms with E-state index < -0.39 is 11.9 Å². The predicted molar refractivity (Wildman–Crippen MR) is 150 cm³/mol. The van der Waals surface area contributed by atoms with Gasteiger partial charge in [0.1, 0.15) is 17.0 Å². The van der Waals surface area contributed by atoms with Crippen molar-refractivity contribution >= 4 is 46.2 Å². The average Bonchev–Trinajstić information content (AvgIpc) is 3.36. The van der Waals surface area contributed by atoms with Gasteiger partial charge in [0.25, 0.3) is 0 Å². The molecular weight excluding hydrogens is 561 g/mol. The normalized spacial score (nSPS) is 11.1. The van der Waals surface area contributed by atoms with Crippen LogP contribution in [0.15, 0.2) is 59.0 Å². The molecule has 0 atom stereocenters. The van der Waals surface area contributed by atoms with Crippen LogP contribution >= 0.6 is 23.2 Å². The zero-order chi connectivity index (χ0) is 28.5. The fourth-order valence-corrected chi connectivity index (χ4v) is 4.28. The third-order valence-electron chi connectivity index (χ3n) is 5.82. The molecule has 3 aromatic carbocycles. The molecule has 0 unspecified atom stereocenters. The van der Waals surface area contributed by atoms with Crippen LogP contribution in [-0.2, 0) is 16.0 Å². The molecular formula is C29H27Cl2NO8. The summed E-state index contributed by atoms with van der Waals surface area (Å²) < 4.78 is 22.8. The number of ether oxygens (including phenoxy) is 3. The van der Waals surface area contributed by atoms with Crippen molar-refractivity contribution in [2.24, 2.45) is 0 Å². The van der Waals surface area contributed by atoms with Crippen LogP contribution in [0.1, 0.15) is 35.2 Å². The molecule has 1 heterocycles. The smallest absolute Gasteiger partial charge is 0.335 e. The summed E-state index contributed by atoms with van der Waals surface area (Å²) in [5.74, 6) is -0.475. The highest BCUT2D eigenvalue weighted by molar-refractivity contribution is 6.32. The summed E-state index contributed by atoms with van der Waals surface area (Å²) in [5, 5.41) is 18.8. The molecule has 0 bridgehead atoms. The molecule has 0 fully saturated rings. The number of carboxylic acid groups (broad SMARTS) is 2. The molecule has 9 nitrogen and oxygen atoms in total. The Labute approximate surface area is 240 Å². The number of carbonyl (C=O) groups is 2. The lowest BCUT2D eigenvalue weighted by Crippen LogP contribution is -2.07. The Morgan fingerprint density at radius 1 is 0.825 bits per heavy atom. The number of halogens is 2. The van der Waals surface area contributed by atoms with Gasteiger partial charge in [-0.15, -0.1) is 0 Å². The van der Waals surface area contributed by atoms with E-state index in [1.54, 1.807) is 36.4 Å². The molecule has 40 heavy (non-hydrogen) atoms. The van der Waals surface area contributed by atoms with Crippen LogP contribution in [0.3, 0.4) is 0 Å². The van der Waals surface area contributed by atoms with E-state index in [-0.39, 0.29) is 12.0 Å². The van der Waals surface area contributed by atoms with Gasteiger partial charge in [0, 0.05) is 38.0 Å². The Balaban J connectivity index is 1.13. The highest BCUT2D eigenvalue weighted by Gasteiger charge is 2.13. The molecule has 4 aromatic rings. The summed E-state index contributed by atoms with van der Waals surface area (Å²) in [4.78, 5) is 26.3. The minimum atomic E-state index is -1.04. The van der Waals surface area contributed by atoms with Gasteiger partial charge in [-0.3, -0.25) is 4.79 Å². The van der Waals surface area contributed by atoms with Crippen molar-refractivity contribution in [3.63, 3.8) is 0 Å². The maximum absolute atomic E-state index is 11.2. The van der Waals surface area contributed by atoms with E-state index in [4.69, 9.17) is 52.0 Å². The average molecular weight is 588 g/mol. The van der Waals surface area contributed by atoms with Gasteiger partial charge >= 0.3 is 11.9 Å². The maximum Gasteiger partial charge on any atom is 0.335 e. The van der Waals surface area contributed by atoms with Gasteiger partial charge in [0.2, 0.25) is 5.89 Å². The van der Waals surface area contributed by atoms with Gasteiger partial charge in [-0.1, -0.05) is 29.3 Å². The van der Waals surface area contributed by atoms with Crippen molar-refractivity contribution in [3.05, 3.63) is 75.8 Å². The zero-order valence-electron chi connectivity index (χ0n) is 21.4. The number of aliphatic carboxylic acids is 1. The van der Waals surface area contributed by atoms with Crippen LogP contribution < -0.4 is 9.47 Å². The van der Waals surface area contributed by atoms with Gasteiger partial charge < -0.3 is 28.8 Å². The molecule has 0 amide bonds. The van der Waals surface area contributed by atoms with Gasteiger partial charge in [0.05, 0.1) is 28.8 Å². The Kier molecular flexibility index (Phi) is 10.2. The predicted octanol–water partition coefficient (Wildman–Crippen LogP) is 6.77. The van der Waals surface area contributed by atoms with E-state index in [0.717, 1.165) is 5.56 Å². The largest absolute Gasteiger partial charge is 0.492 e. The van der Waals surface area contributed by atoms with E-state index in [1.165, 1.54) is 12.1 Å². The van der Waals surface area contributed by atoms with Crippen LogP contribution in [0.4, 0.5) is 0 Å². The Hall–Kier alpha value is -3.79. The number of hydrogen-bond donors (Lipinski definition) is 2.